The second-order valence-corrected chi connectivity index (χ2v) is 12.4. The number of hydrogen-bond donors (Lipinski definition) is 3. The summed E-state index contributed by atoms with van der Waals surface area (Å²) in [7, 11) is 1.14. The predicted molar refractivity (Wildman–Crippen MR) is 199 cm³/mol. The minimum Gasteiger partial charge on any atom is -0.507 e. The van der Waals surface area contributed by atoms with Gasteiger partial charge in [-0.25, -0.2) is 9.59 Å². The molecule has 0 spiro atoms. The summed E-state index contributed by atoms with van der Waals surface area (Å²) in [5, 5.41) is 15.2. The van der Waals surface area contributed by atoms with Crippen molar-refractivity contribution in [3.05, 3.63) is 103 Å². The van der Waals surface area contributed by atoms with Crippen LogP contribution in [0.25, 0.3) is 0 Å². The van der Waals surface area contributed by atoms with E-state index in [-0.39, 0.29) is 28.9 Å². The normalized spacial score (nSPS) is 14.0. The SMILES string of the molecule is CC/C=C\C/C=C\CC=CC/C=C\C/C=C\C/C=C\CSCC(=O)NC(C(=O)OC(C)C(NC(=O)c1ccccc1O)C(=O)OC)C(C)C. The zero-order valence-electron chi connectivity index (χ0n) is 29.5. The lowest BCUT2D eigenvalue weighted by Crippen LogP contribution is -2.52. The van der Waals surface area contributed by atoms with Crippen LogP contribution in [0, 0.1) is 5.92 Å². The molecular weight excluding hydrogens is 641 g/mol. The third-order valence-electron chi connectivity index (χ3n) is 6.94. The van der Waals surface area contributed by atoms with Crippen LogP contribution in [0.3, 0.4) is 0 Å². The van der Waals surface area contributed by atoms with Gasteiger partial charge in [0.1, 0.15) is 17.9 Å². The van der Waals surface area contributed by atoms with Gasteiger partial charge in [-0.3, -0.25) is 9.59 Å². The Morgan fingerprint density at radius 1 is 0.735 bits per heavy atom. The lowest BCUT2D eigenvalue weighted by molar-refractivity contribution is -0.159. The topological polar surface area (TPSA) is 131 Å². The number of benzene rings is 1. The van der Waals surface area contributed by atoms with E-state index in [9.17, 15) is 24.3 Å². The fourth-order valence-corrected chi connectivity index (χ4v) is 4.89. The Morgan fingerprint density at radius 3 is 1.73 bits per heavy atom. The summed E-state index contributed by atoms with van der Waals surface area (Å²) < 4.78 is 10.3. The Bertz CT molecular complexity index is 1330. The molecule has 3 N–H and O–H groups in total. The first-order valence-electron chi connectivity index (χ1n) is 16.8. The first kappa shape index (κ1) is 42.7. The summed E-state index contributed by atoms with van der Waals surface area (Å²) in [6.07, 6.45) is 30.2. The van der Waals surface area contributed by atoms with Gasteiger partial charge in [-0.2, -0.15) is 0 Å². The number of hydrogen-bond acceptors (Lipinski definition) is 8. The smallest absolute Gasteiger partial charge is 0.332 e. The Labute approximate surface area is 296 Å². The molecule has 49 heavy (non-hydrogen) atoms. The number of allylic oxidation sites excluding steroid dienone is 11. The number of carbonyl (C=O) groups excluding carboxylic acids is 4. The average molecular weight is 695 g/mol. The van der Waals surface area contributed by atoms with Crippen LogP contribution in [0.15, 0.2) is 97.2 Å². The molecule has 9 nitrogen and oxygen atoms in total. The number of nitrogens with one attached hydrogen (secondary N) is 2. The summed E-state index contributed by atoms with van der Waals surface area (Å²) in [5.41, 5.74) is -0.0521. The van der Waals surface area contributed by atoms with Gasteiger partial charge in [-0.15, -0.1) is 11.8 Å². The van der Waals surface area contributed by atoms with E-state index < -0.39 is 36.0 Å². The Kier molecular flexibility index (Phi) is 23.2. The number of amides is 2. The van der Waals surface area contributed by atoms with Gasteiger partial charge in [0.15, 0.2) is 6.04 Å². The quantitative estimate of drug-likeness (QED) is 0.0625. The molecule has 0 aliphatic rings. The highest BCUT2D eigenvalue weighted by atomic mass is 32.2. The van der Waals surface area contributed by atoms with Gasteiger partial charge in [-0.1, -0.05) is 106 Å². The maximum atomic E-state index is 13.0. The van der Waals surface area contributed by atoms with Gasteiger partial charge in [0.05, 0.1) is 18.4 Å². The number of para-hydroxylation sites is 1. The number of ether oxygens (including phenoxy) is 2. The molecule has 1 aromatic rings. The van der Waals surface area contributed by atoms with Gasteiger partial charge >= 0.3 is 11.9 Å². The number of esters is 2. The third-order valence-corrected chi connectivity index (χ3v) is 7.84. The van der Waals surface area contributed by atoms with Gasteiger partial charge in [0, 0.05) is 5.75 Å². The van der Waals surface area contributed by atoms with E-state index in [1.807, 2.05) is 12.2 Å². The van der Waals surface area contributed by atoms with E-state index in [1.165, 1.54) is 30.8 Å². The summed E-state index contributed by atoms with van der Waals surface area (Å²) in [6.45, 7) is 7.10. The van der Waals surface area contributed by atoms with Crippen molar-refractivity contribution in [2.75, 3.05) is 18.6 Å². The summed E-state index contributed by atoms with van der Waals surface area (Å²) in [6, 6.07) is 3.53. The van der Waals surface area contributed by atoms with E-state index >= 15 is 0 Å². The first-order chi connectivity index (χ1) is 23.6. The molecule has 2 amide bonds. The van der Waals surface area contributed by atoms with Crippen LogP contribution >= 0.6 is 11.8 Å². The van der Waals surface area contributed by atoms with Gasteiger partial charge in [-0.05, 0) is 63.5 Å². The van der Waals surface area contributed by atoms with E-state index in [0.717, 1.165) is 45.6 Å². The second kappa shape index (κ2) is 26.6. The van der Waals surface area contributed by atoms with Crippen LogP contribution in [-0.2, 0) is 23.9 Å². The number of rotatable bonds is 23. The minimum atomic E-state index is -1.35. The maximum absolute atomic E-state index is 13.0. The van der Waals surface area contributed by atoms with Crippen molar-refractivity contribution < 1.29 is 33.8 Å². The molecule has 0 aliphatic carbocycles. The van der Waals surface area contributed by atoms with E-state index in [2.05, 4.69) is 78.3 Å². The molecule has 268 valence electrons. The van der Waals surface area contributed by atoms with Crippen molar-refractivity contribution in [2.24, 2.45) is 5.92 Å². The van der Waals surface area contributed by atoms with Crippen molar-refractivity contribution in [3.63, 3.8) is 0 Å². The van der Waals surface area contributed by atoms with Crippen LogP contribution < -0.4 is 10.6 Å². The molecule has 3 atom stereocenters. The summed E-state index contributed by atoms with van der Waals surface area (Å²) >= 11 is 1.42. The lowest BCUT2D eigenvalue weighted by atomic mass is 10.0. The highest BCUT2D eigenvalue weighted by molar-refractivity contribution is 8.00. The van der Waals surface area contributed by atoms with Crippen LogP contribution in [0.2, 0.25) is 0 Å². The van der Waals surface area contributed by atoms with Crippen molar-refractivity contribution in [1.82, 2.24) is 10.6 Å². The average Bonchev–Trinajstić information content (AvgIpc) is 3.08. The summed E-state index contributed by atoms with van der Waals surface area (Å²) in [4.78, 5) is 50.8. The Hall–Kier alpha value is -4.31. The molecule has 0 radical (unpaired) electrons. The van der Waals surface area contributed by atoms with E-state index in [4.69, 9.17) is 9.47 Å². The number of thioether (sulfide) groups is 1. The van der Waals surface area contributed by atoms with Gasteiger partial charge in [0.25, 0.3) is 5.91 Å². The zero-order chi connectivity index (χ0) is 36.3. The maximum Gasteiger partial charge on any atom is 0.332 e. The molecule has 0 fully saturated rings. The fourth-order valence-electron chi connectivity index (χ4n) is 4.23. The van der Waals surface area contributed by atoms with Crippen molar-refractivity contribution in [1.29, 1.82) is 0 Å². The molecule has 0 saturated heterocycles. The molecule has 0 aliphatic heterocycles. The van der Waals surface area contributed by atoms with E-state index in [1.54, 1.807) is 26.0 Å². The first-order valence-corrected chi connectivity index (χ1v) is 17.9. The number of methoxy groups -OCH3 is 1. The van der Waals surface area contributed by atoms with Crippen LogP contribution in [0.5, 0.6) is 5.75 Å². The molecule has 0 bridgehead atoms. The molecule has 0 saturated carbocycles. The molecule has 0 heterocycles. The van der Waals surface area contributed by atoms with Crippen LogP contribution in [0.1, 0.15) is 76.6 Å². The van der Waals surface area contributed by atoms with Crippen LogP contribution in [0.4, 0.5) is 0 Å². The molecule has 1 rings (SSSR count). The predicted octanol–water partition coefficient (Wildman–Crippen LogP) is 7.17. The van der Waals surface area contributed by atoms with Gasteiger partial charge in [0.2, 0.25) is 5.91 Å². The molecule has 3 unspecified atom stereocenters. The largest absolute Gasteiger partial charge is 0.507 e. The molecular formula is C39H54N2O7S. The van der Waals surface area contributed by atoms with E-state index in [0.29, 0.717) is 5.75 Å². The number of aromatic hydroxyl groups is 1. The van der Waals surface area contributed by atoms with Crippen molar-refractivity contribution in [3.8, 4) is 5.75 Å². The summed E-state index contributed by atoms with van der Waals surface area (Å²) in [5.74, 6) is -2.42. The number of phenolic OH excluding ortho intramolecular Hbond substituents is 1. The molecule has 0 aromatic heterocycles. The minimum absolute atomic E-state index is 0.0521. The van der Waals surface area contributed by atoms with Crippen LogP contribution in [-0.4, -0.2) is 65.7 Å². The van der Waals surface area contributed by atoms with Crippen molar-refractivity contribution >= 4 is 35.5 Å². The third kappa shape index (κ3) is 19.3. The molecule has 1 aromatic carbocycles. The Morgan fingerprint density at radius 2 is 1.24 bits per heavy atom. The number of phenols is 1. The Balaban J connectivity index is 2.41. The fraction of sp³-hybridized carbons (Fsp3) is 0.436. The monoisotopic (exact) mass is 694 g/mol. The standard InChI is InChI=1S/C39H54N2O7S/c1-6-7-8-9-10-11-12-13-14-15-16-17-18-19-20-21-22-25-28-49-29-34(43)40-35(30(2)3)39(46)48-31(4)36(38(45)47-5)41-37(44)32-26-23-24-27-33(32)42/h7-8,10-11,13-14,16-17,19-20,22-27,30-31,35-36,42H,6,9,12,15,18,21,28-29H2,1-5H3,(H,40,43)(H,41,44)/b8-7-,11-10-,14-13?,17-16-,20-19-,25-22-. The zero-order valence-corrected chi connectivity index (χ0v) is 30.3. The lowest BCUT2D eigenvalue weighted by Gasteiger charge is -2.27. The van der Waals surface area contributed by atoms with Gasteiger partial charge < -0.3 is 25.2 Å². The second-order valence-electron chi connectivity index (χ2n) is 11.4. The highest BCUT2D eigenvalue weighted by Crippen LogP contribution is 2.17. The highest BCUT2D eigenvalue weighted by Gasteiger charge is 2.34. The molecule has 10 heteroatoms. The number of carbonyl (C=O) groups is 4. The van der Waals surface area contributed by atoms with Crippen molar-refractivity contribution in [2.45, 2.75) is 84.4 Å².